The second-order valence-electron chi connectivity index (χ2n) is 6.41. The topological polar surface area (TPSA) is 62.7 Å². The van der Waals surface area contributed by atoms with E-state index in [2.05, 4.69) is 20.9 Å². The van der Waals surface area contributed by atoms with Gasteiger partial charge < -0.3 is 14.7 Å². The molecule has 1 N–H and O–H groups in total. The molecule has 1 saturated heterocycles. The lowest BCUT2D eigenvalue weighted by atomic mass is 9.87. The molecule has 0 radical (unpaired) electrons. The Morgan fingerprint density at radius 2 is 2.19 bits per heavy atom. The molecule has 0 unspecified atom stereocenters. The summed E-state index contributed by atoms with van der Waals surface area (Å²) in [5.74, 6) is 0. The summed E-state index contributed by atoms with van der Waals surface area (Å²) in [7, 11) is 0. The normalized spacial score (nSPS) is 23.0. The highest BCUT2D eigenvalue weighted by Gasteiger charge is 2.38. The second-order valence-corrected chi connectivity index (χ2v) is 7.22. The van der Waals surface area contributed by atoms with E-state index in [4.69, 9.17) is 4.74 Å². The number of rotatable bonds is 1. The van der Waals surface area contributed by atoms with E-state index < -0.39 is 11.2 Å². The molecule has 1 atom stereocenters. The van der Waals surface area contributed by atoms with Crippen molar-refractivity contribution >= 4 is 22.0 Å². The van der Waals surface area contributed by atoms with Crippen LogP contribution in [0, 0.1) is 0 Å². The third kappa shape index (κ3) is 4.17. The van der Waals surface area contributed by atoms with Crippen LogP contribution in [0.4, 0.5) is 4.79 Å². The van der Waals surface area contributed by atoms with Gasteiger partial charge in [-0.1, -0.05) is 6.07 Å². The predicted molar refractivity (Wildman–Crippen MR) is 82.9 cm³/mol. The fraction of sp³-hybridized carbons (Fsp3) is 0.600. The Balaban J connectivity index is 2.12. The van der Waals surface area contributed by atoms with Crippen molar-refractivity contribution in [3.8, 4) is 0 Å². The molecule has 5 nitrogen and oxygen atoms in total. The first kappa shape index (κ1) is 16.2. The molecular weight excluding hydrogens is 336 g/mol. The minimum atomic E-state index is -1.07. The first-order valence-electron chi connectivity index (χ1n) is 7.02. The van der Waals surface area contributed by atoms with Crippen LogP contribution in [-0.4, -0.2) is 39.8 Å². The fourth-order valence-corrected chi connectivity index (χ4v) is 2.64. The van der Waals surface area contributed by atoms with Gasteiger partial charge in [0.25, 0.3) is 0 Å². The van der Waals surface area contributed by atoms with Crippen molar-refractivity contribution in [3.63, 3.8) is 0 Å². The summed E-state index contributed by atoms with van der Waals surface area (Å²) in [6, 6.07) is 3.62. The molecule has 1 aliphatic heterocycles. The smallest absolute Gasteiger partial charge is 0.410 e. The number of aromatic nitrogens is 1. The van der Waals surface area contributed by atoms with E-state index in [1.807, 2.05) is 26.8 Å². The number of ether oxygens (including phenoxy) is 1. The monoisotopic (exact) mass is 356 g/mol. The maximum atomic E-state index is 12.2. The van der Waals surface area contributed by atoms with Gasteiger partial charge in [0.2, 0.25) is 0 Å². The van der Waals surface area contributed by atoms with Crippen molar-refractivity contribution in [2.45, 2.75) is 44.8 Å². The van der Waals surface area contributed by atoms with Gasteiger partial charge in [-0.3, -0.25) is 0 Å². The Morgan fingerprint density at radius 3 is 2.76 bits per heavy atom. The standard InChI is InChI=1S/C15H21BrN2O3/c1-14(2,3)21-13(19)18-8-4-7-15(20,10-18)11-5-6-12(16)17-9-11/h5-6,9,20H,4,7-8,10H2,1-3H3/t15-/m1/s1. The van der Waals surface area contributed by atoms with Crippen LogP contribution in [0.1, 0.15) is 39.2 Å². The number of likely N-dealkylation sites (tertiary alicyclic amines) is 1. The predicted octanol–water partition coefficient (Wildman–Crippen LogP) is 3.06. The van der Waals surface area contributed by atoms with Gasteiger partial charge in [0, 0.05) is 18.3 Å². The Bertz CT molecular complexity index is 513. The number of β-amino-alcohol motifs (C(OH)–C–C–N with tert-alkyl or cyclic N) is 1. The molecule has 1 fully saturated rings. The molecule has 0 aromatic carbocycles. The number of aliphatic hydroxyl groups is 1. The minimum Gasteiger partial charge on any atom is -0.444 e. The summed E-state index contributed by atoms with van der Waals surface area (Å²) in [6.45, 7) is 6.32. The largest absolute Gasteiger partial charge is 0.444 e. The highest BCUT2D eigenvalue weighted by atomic mass is 79.9. The molecule has 21 heavy (non-hydrogen) atoms. The molecule has 116 valence electrons. The molecule has 0 bridgehead atoms. The van der Waals surface area contributed by atoms with Crippen LogP contribution in [0.2, 0.25) is 0 Å². The summed E-state index contributed by atoms with van der Waals surface area (Å²) in [5.41, 5.74) is -0.881. The van der Waals surface area contributed by atoms with E-state index in [9.17, 15) is 9.90 Å². The SMILES string of the molecule is CC(C)(C)OC(=O)N1CCC[C@](O)(c2ccc(Br)nc2)C1. The molecular formula is C15H21BrN2O3. The van der Waals surface area contributed by atoms with Crippen LogP contribution >= 0.6 is 15.9 Å². The number of piperidine rings is 1. The lowest BCUT2D eigenvalue weighted by molar-refractivity contribution is -0.0467. The second kappa shape index (κ2) is 5.93. The number of halogens is 1. The summed E-state index contributed by atoms with van der Waals surface area (Å²) < 4.78 is 6.10. The van der Waals surface area contributed by atoms with Crippen molar-refractivity contribution < 1.29 is 14.6 Å². The molecule has 6 heteroatoms. The maximum Gasteiger partial charge on any atom is 0.410 e. The minimum absolute atomic E-state index is 0.227. The van der Waals surface area contributed by atoms with Crippen LogP contribution in [0.5, 0.6) is 0 Å². The van der Waals surface area contributed by atoms with Crippen LogP contribution in [-0.2, 0) is 10.3 Å². The van der Waals surface area contributed by atoms with Gasteiger partial charge in [-0.2, -0.15) is 0 Å². The number of nitrogens with zero attached hydrogens (tertiary/aromatic N) is 2. The van der Waals surface area contributed by atoms with Gasteiger partial charge in [-0.15, -0.1) is 0 Å². The number of hydrogen-bond donors (Lipinski definition) is 1. The van der Waals surface area contributed by atoms with Crippen molar-refractivity contribution in [3.05, 3.63) is 28.5 Å². The quantitative estimate of drug-likeness (QED) is 0.785. The fourth-order valence-electron chi connectivity index (χ4n) is 2.41. The Labute approximate surface area is 133 Å². The molecule has 2 rings (SSSR count). The van der Waals surface area contributed by atoms with Crippen LogP contribution < -0.4 is 0 Å². The van der Waals surface area contributed by atoms with E-state index in [-0.39, 0.29) is 12.6 Å². The lowest BCUT2D eigenvalue weighted by Crippen LogP contribution is -2.49. The van der Waals surface area contributed by atoms with Gasteiger partial charge in [0.1, 0.15) is 15.8 Å². The third-order valence-electron chi connectivity index (χ3n) is 3.39. The zero-order valence-electron chi connectivity index (χ0n) is 12.6. The van der Waals surface area contributed by atoms with Gasteiger partial charge in [0.15, 0.2) is 0 Å². The Morgan fingerprint density at radius 1 is 1.48 bits per heavy atom. The zero-order chi connectivity index (χ0) is 15.7. The molecule has 1 aromatic rings. The maximum absolute atomic E-state index is 12.2. The number of carbonyl (C=O) groups excluding carboxylic acids is 1. The lowest BCUT2D eigenvalue weighted by Gasteiger charge is -2.39. The first-order valence-corrected chi connectivity index (χ1v) is 7.81. The summed E-state index contributed by atoms with van der Waals surface area (Å²) in [6.07, 6.45) is 2.59. The number of hydrogen-bond acceptors (Lipinski definition) is 4. The molecule has 0 aliphatic carbocycles. The van der Waals surface area contributed by atoms with Crippen LogP contribution in [0.25, 0.3) is 0 Å². The van der Waals surface area contributed by atoms with Crippen molar-refractivity contribution in [2.24, 2.45) is 0 Å². The molecule has 1 amide bonds. The number of amides is 1. The van der Waals surface area contributed by atoms with Crippen molar-refractivity contribution in [1.82, 2.24) is 9.88 Å². The summed E-state index contributed by atoms with van der Waals surface area (Å²) in [4.78, 5) is 17.9. The van der Waals surface area contributed by atoms with E-state index in [1.165, 1.54) is 0 Å². The van der Waals surface area contributed by atoms with E-state index in [0.717, 1.165) is 16.6 Å². The Kier molecular flexibility index (Phi) is 4.58. The van der Waals surface area contributed by atoms with Gasteiger partial charge in [-0.05, 0) is 55.6 Å². The van der Waals surface area contributed by atoms with Crippen molar-refractivity contribution in [2.75, 3.05) is 13.1 Å². The Hall–Kier alpha value is -1.14. The molecule has 2 heterocycles. The molecule has 1 aliphatic rings. The van der Waals surface area contributed by atoms with E-state index in [0.29, 0.717) is 13.0 Å². The number of pyridine rings is 1. The number of carbonyl (C=O) groups is 1. The van der Waals surface area contributed by atoms with Crippen LogP contribution in [0.15, 0.2) is 22.9 Å². The van der Waals surface area contributed by atoms with E-state index >= 15 is 0 Å². The average Bonchev–Trinajstić information content (AvgIpc) is 2.37. The van der Waals surface area contributed by atoms with E-state index in [1.54, 1.807) is 17.2 Å². The summed E-state index contributed by atoms with van der Waals surface area (Å²) >= 11 is 3.28. The molecule has 0 saturated carbocycles. The average molecular weight is 357 g/mol. The molecule has 1 aromatic heterocycles. The summed E-state index contributed by atoms with van der Waals surface area (Å²) in [5, 5.41) is 10.8. The highest BCUT2D eigenvalue weighted by Crippen LogP contribution is 2.32. The first-order chi connectivity index (χ1) is 9.70. The van der Waals surface area contributed by atoms with Gasteiger partial charge in [-0.25, -0.2) is 9.78 Å². The van der Waals surface area contributed by atoms with Crippen LogP contribution in [0.3, 0.4) is 0 Å². The zero-order valence-corrected chi connectivity index (χ0v) is 14.2. The highest BCUT2D eigenvalue weighted by molar-refractivity contribution is 9.10. The molecule has 0 spiro atoms. The van der Waals surface area contributed by atoms with Gasteiger partial charge in [0.05, 0.1) is 6.54 Å². The third-order valence-corrected chi connectivity index (χ3v) is 3.86. The van der Waals surface area contributed by atoms with Crippen molar-refractivity contribution in [1.29, 1.82) is 0 Å². The van der Waals surface area contributed by atoms with Gasteiger partial charge >= 0.3 is 6.09 Å².